The van der Waals surface area contributed by atoms with E-state index in [1.807, 2.05) is 11.0 Å². The van der Waals surface area contributed by atoms with E-state index in [1.165, 1.54) is 22.2 Å². The van der Waals surface area contributed by atoms with Crippen molar-refractivity contribution in [1.82, 2.24) is 15.2 Å². The second-order valence-corrected chi connectivity index (χ2v) is 5.38. The van der Waals surface area contributed by atoms with Crippen LogP contribution in [0.1, 0.15) is 31.0 Å². The minimum atomic E-state index is 0.0642. The Morgan fingerprint density at radius 1 is 1.40 bits per heavy atom. The SMILES string of the molecule is CCCCNC(=O)N1CCc2[nH]c3ccccc3c2C1. The number of urea groups is 1. The smallest absolute Gasteiger partial charge is 0.317 e. The molecule has 20 heavy (non-hydrogen) atoms. The van der Waals surface area contributed by atoms with Crippen molar-refractivity contribution in [1.29, 1.82) is 0 Å². The molecule has 4 nitrogen and oxygen atoms in total. The van der Waals surface area contributed by atoms with Crippen LogP contribution in [0.25, 0.3) is 10.9 Å². The highest BCUT2D eigenvalue weighted by Crippen LogP contribution is 2.27. The third-order valence-electron chi connectivity index (χ3n) is 3.98. The first-order valence-corrected chi connectivity index (χ1v) is 7.41. The predicted molar refractivity (Wildman–Crippen MR) is 80.7 cm³/mol. The molecule has 0 spiro atoms. The van der Waals surface area contributed by atoms with Crippen LogP contribution in [-0.2, 0) is 13.0 Å². The number of aromatic nitrogens is 1. The number of para-hydroxylation sites is 1. The van der Waals surface area contributed by atoms with Gasteiger partial charge in [0, 0.05) is 48.2 Å². The van der Waals surface area contributed by atoms with E-state index >= 15 is 0 Å². The van der Waals surface area contributed by atoms with Gasteiger partial charge in [-0.25, -0.2) is 4.79 Å². The van der Waals surface area contributed by atoms with Crippen molar-refractivity contribution < 1.29 is 4.79 Å². The molecule has 1 aliphatic rings. The first kappa shape index (κ1) is 13.0. The first-order valence-electron chi connectivity index (χ1n) is 7.41. The highest BCUT2D eigenvalue weighted by atomic mass is 16.2. The molecule has 0 atom stereocenters. The van der Waals surface area contributed by atoms with Crippen LogP contribution in [-0.4, -0.2) is 29.0 Å². The molecule has 0 fully saturated rings. The lowest BCUT2D eigenvalue weighted by atomic mass is 10.0. The van der Waals surface area contributed by atoms with Crippen LogP contribution in [0.4, 0.5) is 4.79 Å². The summed E-state index contributed by atoms with van der Waals surface area (Å²) >= 11 is 0. The topological polar surface area (TPSA) is 48.1 Å². The molecular weight excluding hydrogens is 250 g/mol. The fourth-order valence-corrected chi connectivity index (χ4v) is 2.82. The van der Waals surface area contributed by atoms with Gasteiger partial charge in [0.1, 0.15) is 0 Å². The van der Waals surface area contributed by atoms with E-state index in [9.17, 15) is 4.79 Å². The number of hydrogen-bond acceptors (Lipinski definition) is 1. The number of rotatable bonds is 3. The van der Waals surface area contributed by atoms with Gasteiger partial charge < -0.3 is 15.2 Å². The number of H-pyrrole nitrogens is 1. The molecule has 0 saturated carbocycles. The Hall–Kier alpha value is -1.97. The van der Waals surface area contributed by atoms with Crippen molar-refractivity contribution >= 4 is 16.9 Å². The summed E-state index contributed by atoms with van der Waals surface area (Å²) in [5, 5.41) is 4.25. The second-order valence-electron chi connectivity index (χ2n) is 5.38. The number of unbranched alkanes of at least 4 members (excludes halogenated alkanes) is 1. The average Bonchev–Trinajstić information content (AvgIpc) is 2.85. The molecule has 4 heteroatoms. The molecule has 106 valence electrons. The van der Waals surface area contributed by atoms with E-state index in [0.717, 1.165) is 32.4 Å². The van der Waals surface area contributed by atoms with Gasteiger partial charge >= 0.3 is 6.03 Å². The van der Waals surface area contributed by atoms with Crippen molar-refractivity contribution in [3.8, 4) is 0 Å². The quantitative estimate of drug-likeness (QED) is 0.828. The molecular formula is C16H21N3O. The first-order chi connectivity index (χ1) is 9.79. The molecule has 0 unspecified atom stereocenters. The Kier molecular flexibility index (Phi) is 3.63. The monoisotopic (exact) mass is 271 g/mol. The fraction of sp³-hybridized carbons (Fsp3) is 0.438. The molecule has 0 saturated heterocycles. The summed E-state index contributed by atoms with van der Waals surface area (Å²) in [6.07, 6.45) is 3.05. The van der Waals surface area contributed by atoms with E-state index in [1.54, 1.807) is 0 Å². The van der Waals surface area contributed by atoms with Gasteiger partial charge in [-0.15, -0.1) is 0 Å². The molecule has 0 radical (unpaired) electrons. The standard InChI is InChI=1S/C16H21N3O/c1-2-3-9-17-16(20)19-10-8-15-13(11-19)12-6-4-5-7-14(12)18-15/h4-7,18H,2-3,8-11H2,1H3,(H,17,20). The Morgan fingerprint density at radius 2 is 2.25 bits per heavy atom. The summed E-state index contributed by atoms with van der Waals surface area (Å²) in [4.78, 5) is 17.5. The summed E-state index contributed by atoms with van der Waals surface area (Å²) in [5.74, 6) is 0. The summed E-state index contributed by atoms with van der Waals surface area (Å²) in [7, 11) is 0. The Bertz CT molecular complexity index is 617. The van der Waals surface area contributed by atoms with Gasteiger partial charge in [-0.2, -0.15) is 0 Å². The Balaban J connectivity index is 1.76. The maximum Gasteiger partial charge on any atom is 0.317 e. The number of carbonyl (C=O) groups excluding carboxylic acids is 1. The van der Waals surface area contributed by atoms with Crippen molar-refractivity contribution in [2.45, 2.75) is 32.7 Å². The third kappa shape index (κ3) is 2.38. The third-order valence-corrected chi connectivity index (χ3v) is 3.98. The number of carbonyl (C=O) groups is 1. The molecule has 0 aliphatic carbocycles. The van der Waals surface area contributed by atoms with Crippen LogP contribution in [0.3, 0.4) is 0 Å². The fourth-order valence-electron chi connectivity index (χ4n) is 2.82. The van der Waals surface area contributed by atoms with Gasteiger partial charge in [-0.05, 0) is 12.5 Å². The van der Waals surface area contributed by atoms with Crippen LogP contribution in [0.5, 0.6) is 0 Å². The number of benzene rings is 1. The molecule has 3 rings (SSSR count). The van der Waals surface area contributed by atoms with Gasteiger partial charge in [0.25, 0.3) is 0 Å². The zero-order valence-electron chi connectivity index (χ0n) is 11.9. The number of nitrogens with zero attached hydrogens (tertiary/aromatic N) is 1. The van der Waals surface area contributed by atoms with E-state index < -0.39 is 0 Å². The lowest BCUT2D eigenvalue weighted by Gasteiger charge is -2.27. The molecule has 2 heterocycles. The van der Waals surface area contributed by atoms with E-state index in [2.05, 4.69) is 35.4 Å². The molecule has 2 N–H and O–H groups in total. The molecule has 2 amide bonds. The largest absolute Gasteiger partial charge is 0.358 e. The molecule has 2 aromatic rings. The van der Waals surface area contributed by atoms with E-state index in [0.29, 0.717) is 6.54 Å². The van der Waals surface area contributed by atoms with Crippen LogP contribution < -0.4 is 5.32 Å². The minimum Gasteiger partial charge on any atom is -0.358 e. The zero-order chi connectivity index (χ0) is 13.9. The van der Waals surface area contributed by atoms with Gasteiger partial charge in [-0.1, -0.05) is 31.5 Å². The lowest BCUT2D eigenvalue weighted by Crippen LogP contribution is -2.42. The highest BCUT2D eigenvalue weighted by Gasteiger charge is 2.23. The van der Waals surface area contributed by atoms with Crippen LogP contribution in [0, 0.1) is 0 Å². The van der Waals surface area contributed by atoms with Gasteiger partial charge in [-0.3, -0.25) is 0 Å². The van der Waals surface area contributed by atoms with E-state index in [4.69, 9.17) is 0 Å². The van der Waals surface area contributed by atoms with Gasteiger partial charge in [0.15, 0.2) is 0 Å². The van der Waals surface area contributed by atoms with Crippen molar-refractivity contribution in [3.63, 3.8) is 0 Å². The minimum absolute atomic E-state index is 0.0642. The summed E-state index contributed by atoms with van der Waals surface area (Å²) < 4.78 is 0. The molecule has 0 bridgehead atoms. The number of fused-ring (bicyclic) bond motifs is 3. The number of nitrogens with one attached hydrogen (secondary N) is 2. The van der Waals surface area contributed by atoms with Crippen molar-refractivity contribution in [2.75, 3.05) is 13.1 Å². The molecule has 1 aromatic heterocycles. The Morgan fingerprint density at radius 3 is 3.10 bits per heavy atom. The molecule has 1 aliphatic heterocycles. The number of aromatic amines is 1. The summed E-state index contributed by atoms with van der Waals surface area (Å²) in [6, 6.07) is 8.38. The zero-order valence-corrected chi connectivity index (χ0v) is 11.9. The average molecular weight is 271 g/mol. The van der Waals surface area contributed by atoms with Crippen LogP contribution in [0.2, 0.25) is 0 Å². The maximum atomic E-state index is 12.1. The second kappa shape index (κ2) is 5.57. The Labute approximate surface area is 119 Å². The van der Waals surface area contributed by atoms with Crippen LogP contribution >= 0.6 is 0 Å². The van der Waals surface area contributed by atoms with Gasteiger partial charge in [0.05, 0.1) is 0 Å². The number of amides is 2. The highest BCUT2D eigenvalue weighted by molar-refractivity contribution is 5.85. The lowest BCUT2D eigenvalue weighted by molar-refractivity contribution is 0.192. The molecule has 1 aromatic carbocycles. The number of hydrogen-bond donors (Lipinski definition) is 2. The maximum absolute atomic E-state index is 12.1. The summed E-state index contributed by atoms with van der Waals surface area (Å²) in [5.41, 5.74) is 3.73. The summed E-state index contributed by atoms with van der Waals surface area (Å²) in [6.45, 7) is 4.40. The van der Waals surface area contributed by atoms with Crippen molar-refractivity contribution in [3.05, 3.63) is 35.5 Å². The van der Waals surface area contributed by atoms with Crippen molar-refractivity contribution in [2.24, 2.45) is 0 Å². The van der Waals surface area contributed by atoms with Gasteiger partial charge in [0.2, 0.25) is 0 Å². The predicted octanol–water partition coefficient (Wildman–Crippen LogP) is 3.04. The van der Waals surface area contributed by atoms with E-state index in [-0.39, 0.29) is 6.03 Å². The van der Waals surface area contributed by atoms with Crippen LogP contribution in [0.15, 0.2) is 24.3 Å². The normalized spacial score (nSPS) is 14.3.